The van der Waals surface area contributed by atoms with Gasteiger partial charge in [0, 0.05) is 6.04 Å². The van der Waals surface area contributed by atoms with Crippen molar-refractivity contribution in [2.45, 2.75) is 64.8 Å². The van der Waals surface area contributed by atoms with E-state index >= 15 is 0 Å². The lowest BCUT2D eigenvalue weighted by molar-refractivity contribution is -0.153. The van der Waals surface area contributed by atoms with Crippen LogP contribution in [0.1, 0.15) is 58.8 Å². The molecule has 2 N–H and O–H groups in total. The van der Waals surface area contributed by atoms with Crippen molar-refractivity contribution in [2.24, 2.45) is 28.6 Å². The van der Waals surface area contributed by atoms with Crippen LogP contribution in [0.3, 0.4) is 0 Å². The highest BCUT2D eigenvalue weighted by atomic mass is 16.4. The van der Waals surface area contributed by atoms with E-state index in [1.807, 2.05) is 0 Å². The Morgan fingerprint density at radius 3 is 2.78 bits per heavy atom. The van der Waals surface area contributed by atoms with Crippen molar-refractivity contribution in [3.05, 3.63) is 11.6 Å². The van der Waals surface area contributed by atoms with E-state index in [1.54, 1.807) is 5.57 Å². The van der Waals surface area contributed by atoms with Crippen LogP contribution in [0.2, 0.25) is 0 Å². The fourth-order valence-corrected chi connectivity index (χ4v) is 6.26. The van der Waals surface area contributed by atoms with E-state index in [-0.39, 0.29) is 17.4 Å². The highest BCUT2D eigenvalue weighted by Gasteiger charge is 2.57. The minimum atomic E-state index is -0.972. The molecule has 0 bridgehead atoms. The zero-order valence-electron chi connectivity index (χ0n) is 14.1. The number of aliphatic carboxylic acids is 1. The van der Waals surface area contributed by atoms with Crippen LogP contribution in [0.4, 0.5) is 0 Å². The fourth-order valence-electron chi connectivity index (χ4n) is 6.26. The second kappa shape index (κ2) is 4.84. The van der Waals surface area contributed by atoms with Crippen LogP contribution in [0.15, 0.2) is 11.6 Å². The maximum Gasteiger partial charge on any atom is 0.316 e. The molecule has 3 aliphatic carbocycles. The van der Waals surface area contributed by atoms with Crippen LogP contribution >= 0.6 is 0 Å². The Morgan fingerprint density at radius 1 is 1.26 bits per heavy atom. The topological polar surface area (TPSA) is 66.4 Å². The van der Waals surface area contributed by atoms with Gasteiger partial charge in [-0.1, -0.05) is 31.9 Å². The molecular formula is C19H27NO3. The average Bonchev–Trinajstić information content (AvgIpc) is 2.89. The maximum atomic E-state index is 12.1. The van der Waals surface area contributed by atoms with Gasteiger partial charge < -0.3 is 10.4 Å². The number of carboxylic acids is 1. The predicted octanol–water partition coefficient (Wildman–Crippen LogP) is 3.13. The van der Waals surface area contributed by atoms with Gasteiger partial charge in [-0.25, -0.2) is 0 Å². The van der Waals surface area contributed by atoms with Gasteiger partial charge >= 0.3 is 5.97 Å². The number of hydrogen-bond acceptors (Lipinski definition) is 2. The highest BCUT2D eigenvalue weighted by Crippen LogP contribution is 2.62. The summed E-state index contributed by atoms with van der Waals surface area (Å²) in [6.45, 7) is 4.67. The van der Waals surface area contributed by atoms with Crippen molar-refractivity contribution in [3.8, 4) is 0 Å². The number of fused-ring (bicyclic) bond motifs is 5. The largest absolute Gasteiger partial charge is 0.481 e. The van der Waals surface area contributed by atoms with Crippen LogP contribution in [-0.2, 0) is 9.59 Å². The first-order valence-electron chi connectivity index (χ1n) is 9.08. The smallest absolute Gasteiger partial charge is 0.316 e. The van der Waals surface area contributed by atoms with E-state index < -0.39 is 11.9 Å². The van der Waals surface area contributed by atoms with E-state index in [9.17, 15) is 14.7 Å². The predicted molar refractivity (Wildman–Crippen MR) is 86.7 cm³/mol. The number of nitrogens with one attached hydrogen (secondary N) is 1. The van der Waals surface area contributed by atoms with Gasteiger partial charge in [0.2, 0.25) is 5.91 Å². The van der Waals surface area contributed by atoms with E-state index in [4.69, 9.17) is 0 Å². The van der Waals surface area contributed by atoms with Crippen LogP contribution in [0.5, 0.6) is 0 Å². The second-order valence-corrected chi connectivity index (χ2v) is 8.79. The Kier molecular flexibility index (Phi) is 3.20. The molecule has 4 rings (SSSR count). The van der Waals surface area contributed by atoms with E-state index in [0.717, 1.165) is 12.8 Å². The third kappa shape index (κ3) is 2.03. The molecule has 2 unspecified atom stereocenters. The number of allylic oxidation sites excluding steroid dienone is 1. The molecule has 0 radical (unpaired) electrons. The molecule has 23 heavy (non-hydrogen) atoms. The first kappa shape index (κ1) is 15.2. The molecular weight excluding hydrogens is 290 g/mol. The van der Waals surface area contributed by atoms with Crippen molar-refractivity contribution < 1.29 is 14.7 Å². The minimum Gasteiger partial charge on any atom is -0.481 e. The molecule has 1 amide bonds. The fraction of sp³-hybridized carbons (Fsp3) is 0.789. The van der Waals surface area contributed by atoms with Gasteiger partial charge in [0.25, 0.3) is 0 Å². The Balaban J connectivity index is 1.70. The van der Waals surface area contributed by atoms with Crippen molar-refractivity contribution >= 4 is 11.9 Å². The van der Waals surface area contributed by atoms with Gasteiger partial charge in [0.05, 0.1) is 0 Å². The highest BCUT2D eigenvalue weighted by molar-refractivity contribution is 5.97. The van der Waals surface area contributed by atoms with Gasteiger partial charge in [-0.05, 0) is 61.2 Å². The molecule has 0 aromatic rings. The monoisotopic (exact) mass is 317 g/mol. The molecule has 2 saturated carbocycles. The van der Waals surface area contributed by atoms with Gasteiger partial charge in [-0.15, -0.1) is 0 Å². The molecule has 1 heterocycles. The van der Waals surface area contributed by atoms with Crippen LogP contribution in [0, 0.1) is 28.6 Å². The summed E-state index contributed by atoms with van der Waals surface area (Å²) in [4.78, 5) is 23.6. The first-order valence-corrected chi connectivity index (χ1v) is 9.08. The van der Waals surface area contributed by atoms with Gasteiger partial charge in [0.15, 0.2) is 0 Å². The number of amides is 1. The zero-order chi connectivity index (χ0) is 16.4. The molecule has 1 saturated heterocycles. The van der Waals surface area contributed by atoms with Gasteiger partial charge in [-0.2, -0.15) is 0 Å². The molecule has 0 aromatic carbocycles. The van der Waals surface area contributed by atoms with E-state index in [1.165, 1.54) is 25.7 Å². The van der Waals surface area contributed by atoms with Gasteiger partial charge in [-0.3, -0.25) is 9.59 Å². The van der Waals surface area contributed by atoms with Crippen LogP contribution < -0.4 is 5.32 Å². The zero-order valence-corrected chi connectivity index (χ0v) is 14.1. The Morgan fingerprint density at radius 2 is 2.04 bits per heavy atom. The lowest BCUT2D eigenvalue weighted by Crippen LogP contribution is -2.61. The lowest BCUT2D eigenvalue weighted by Gasteiger charge is -2.56. The molecule has 6 atom stereocenters. The summed E-state index contributed by atoms with van der Waals surface area (Å²) < 4.78 is 0. The minimum absolute atomic E-state index is 0.102. The summed E-state index contributed by atoms with van der Waals surface area (Å²) >= 11 is 0. The Bertz CT molecular complexity index is 597. The first-order chi connectivity index (χ1) is 10.8. The summed E-state index contributed by atoms with van der Waals surface area (Å²) in [5.41, 5.74) is 1.94. The summed E-state index contributed by atoms with van der Waals surface area (Å²) in [7, 11) is 0. The summed E-state index contributed by atoms with van der Waals surface area (Å²) in [5, 5.41) is 12.5. The average molecular weight is 317 g/mol. The normalized spacial score (nSPS) is 48.6. The number of piperidine rings is 1. The lowest BCUT2D eigenvalue weighted by atomic mass is 9.51. The third-order valence-corrected chi connectivity index (χ3v) is 7.65. The van der Waals surface area contributed by atoms with E-state index in [0.29, 0.717) is 23.7 Å². The summed E-state index contributed by atoms with van der Waals surface area (Å²) in [6.07, 6.45) is 10.1. The SMILES string of the molecule is C[C@@]12CCC[C@H]1C1=CCC3NC(=O)C(C(=O)O)C[C@]3(C)[C@@H]1CC2. The third-order valence-electron chi connectivity index (χ3n) is 7.65. The number of carboxylic acid groups (broad SMARTS) is 1. The summed E-state index contributed by atoms with van der Waals surface area (Å²) in [5.74, 6) is -1.02. The van der Waals surface area contributed by atoms with E-state index in [2.05, 4.69) is 25.2 Å². The van der Waals surface area contributed by atoms with Crippen molar-refractivity contribution in [1.82, 2.24) is 5.32 Å². The number of hydrogen-bond donors (Lipinski definition) is 2. The van der Waals surface area contributed by atoms with Crippen molar-refractivity contribution in [2.75, 3.05) is 0 Å². The molecule has 3 fully saturated rings. The molecule has 0 spiro atoms. The molecule has 4 aliphatic rings. The number of carbonyl (C=O) groups excluding carboxylic acids is 1. The summed E-state index contributed by atoms with van der Waals surface area (Å²) in [6, 6.07) is 0.102. The maximum absolute atomic E-state index is 12.1. The van der Waals surface area contributed by atoms with Gasteiger partial charge in [0.1, 0.15) is 5.92 Å². The Labute approximate surface area is 137 Å². The molecule has 0 aromatic heterocycles. The molecule has 4 heteroatoms. The molecule has 126 valence electrons. The standard InChI is InChI=1S/C19H27NO3/c1-18-8-3-4-13(18)11-5-6-15-19(2,14(11)7-9-18)10-12(17(22)23)16(21)20-15/h5,12-15H,3-4,6-10H2,1-2H3,(H,20,21)(H,22,23)/t12?,13-,14+,15?,18-,19+/m0/s1. The number of carbonyl (C=O) groups is 2. The molecule has 1 aliphatic heterocycles. The van der Waals surface area contributed by atoms with Crippen molar-refractivity contribution in [1.29, 1.82) is 0 Å². The van der Waals surface area contributed by atoms with Crippen LogP contribution in [0.25, 0.3) is 0 Å². The second-order valence-electron chi connectivity index (χ2n) is 8.79. The number of rotatable bonds is 1. The van der Waals surface area contributed by atoms with Crippen LogP contribution in [-0.4, -0.2) is 23.0 Å². The van der Waals surface area contributed by atoms with Crippen molar-refractivity contribution in [3.63, 3.8) is 0 Å². The quantitative estimate of drug-likeness (QED) is 0.577. The molecule has 4 nitrogen and oxygen atoms in total. The Hall–Kier alpha value is -1.32.